The molecule has 0 aliphatic rings. The van der Waals surface area contributed by atoms with Gasteiger partial charge in [-0.2, -0.15) is 5.10 Å². The topological polar surface area (TPSA) is 69.6 Å². The first kappa shape index (κ1) is 12.9. The van der Waals surface area contributed by atoms with Crippen LogP contribution in [0.2, 0.25) is 0 Å². The maximum atomic E-state index is 6.00. The molecule has 0 aliphatic heterocycles. The fraction of sp³-hybridized carbons (Fsp3) is 0.417. The first-order valence-corrected chi connectivity index (χ1v) is 6.50. The minimum Gasteiger partial charge on any atom is -0.395 e. The minimum atomic E-state index is 0.696. The summed E-state index contributed by atoms with van der Waals surface area (Å²) in [5.74, 6) is 0. The first-order valence-electron chi connectivity index (χ1n) is 5.69. The number of nitrogens with two attached hydrogens (primary N) is 1. The summed E-state index contributed by atoms with van der Waals surface area (Å²) in [4.78, 5) is 8.95. The Bertz CT molecular complexity index is 580. The zero-order valence-corrected chi connectivity index (χ0v) is 12.1. The molecular weight excluding hydrogens is 246 g/mol. The van der Waals surface area contributed by atoms with Crippen molar-refractivity contribution in [3.8, 4) is 0 Å². The van der Waals surface area contributed by atoms with Crippen LogP contribution in [0, 0.1) is 27.7 Å². The molecule has 2 rings (SSSR count). The summed E-state index contributed by atoms with van der Waals surface area (Å²) in [6.07, 6.45) is 0. The highest BCUT2D eigenvalue weighted by atomic mass is 32.2. The van der Waals surface area contributed by atoms with Crippen LogP contribution >= 0.6 is 11.8 Å². The fourth-order valence-electron chi connectivity index (χ4n) is 1.65. The molecule has 2 aromatic heterocycles. The van der Waals surface area contributed by atoms with Gasteiger partial charge in [0.05, 0.1) is 11.4 Å². The van der Waals surface area contributed by atoms with Crippen molar-refractivity contribution in [2.24, 2.45) is 7.05 Å². The van der Waals surface area contributed by atoms with E-state index in [1.807, 2.05) is 34.7 Å². The molecule has 0 spiro atoms. The van der Waals surface area contributed by atoms with Crippen LogP contribution in [0.3, 0.4) is 0 Å². The lowest BCUT2D eigenvalue weighted by atomic mass is 10.2. The largest absolute Gasteiger partial charge is 0.395 e. The summed E-state index contributed by atoms with van der Waals surface area (Å²) in [6.45, 7) is 7.91. The van der Waals surface area contributed by atoms with E-state index in [1.54, 1.807) is 4.68 Å². The van der Waals surface area contributed by atoms with Gasteiger partial charge in [-0.05, 0) is 45.0 Å². The van der Waals surface area contributed by atoms with E-state index in [0.29, 0.717) is 10.8 Å². The fourth-order valence-corrected chi connectivity index (χ4v) is 2.62. The Labute approximate surface area is 111 Å². The average molecular weight is 263 g/mol. The van der Waals surface area contributed by atoms with E-state index in [0.717, 1.165) is 27.7 Å². The van der Waals surface area contributed by atoms with Crippen molar-refractivity contribution in [2.45, 2.75) is 37.9 Å². The third-order valence-corrected chi connectivity index (χ3v) is 4.06. The van der Waals surface area contributed by atoms with E-state index in [1.165, 1.54) is 11.8 Å². The molecule has 2 heterocycles. The zero-order chi connectivity index (χ0) is 13.4. The van der Waals surface area contributed by atoms with Crippen molar-refractivity contribution in [3.63, 3.8) is 0 Å². The van der Waals surface area contributed by atoms with E-state index < -0.39 is 0 Å². The number of hydrogen-bond acceptors (Lipinski definition) is 5. The second kappa shape index (κ2) is 4.61. The lowest BCUT2D eigenvalue weighted by Gasteiger charge is -2.07. The average Bonchev–Trinajstić information content (AvgIpc) is 2.53. The molecule has 18 heavy (non-hydrogen) atoms. The number of nitrogen functional groups attached to an aromatic ring is 1. The number of rotatable bonds is 2. The van der Waals surface area contributed by atoms with Crippen LogP contribution in [0.5, 0.6) is 0 Å². The van der Waals surface area contributed by atoms with Crippen molar-refractivity contribution >= 4 is 17.4 Å². The summed E-state index contributed by atoms with van der Waals surface area (Å²) < 4.78 is 1.77. The third kappa shape index (κ3) is 2.20. The molecule has 0 bridgehead atoms. The number of aromatic nitrogens is 4. The predicted molar refractivity (Wildman–Crippen MR) is 72.7 cm³/mol. The van der Waals surface area contributed by atoms with Crippen LogP contribution < -0.4 is 5.73 Å². The maximum absolute atomic E-state index is 6.00. The Morgan fingerprint density at radius 1 is 1.00 bits per heavy atom. The van der Waals surface area contributed by atoms with E-state index in [-0.39, 0.29) is 0 Å². The highest BCUT2D eigenvalue weighted by Gasteiger charge is 2.14. The van der Waals surface area contributed by atoms with Gasteiger partial charge in [-0.15, -0.1) is 0 Å². The Morgan fingerprint density at radius 2 is 1.56 bits per heavy atom. The Balaban J connectivity index is 2.40. The summed E-state index contributed by atoms with van der Waals surface area (Å²) in [7, 11) is 1.87. The van der Waals surface area contributed by atoms with Crippen molar-refractivity contribution < 1.29 is 0 Å². The molecule has 96 valence electrons. The van der Waals surface area contributed by atoms with E-state index in [9.17, 15) is 0 Å². The quantitative estimate of drug-likeness (QED) is 0.841. The summed E-state index contributed by atoms with van der Waals surface area (Å²) in [6, 6.07) is 0. The van der Waals surface area contributed by atoms with Crippen molar-refractivity contribution in [1.29, 1.82) is 0 Å². The van der Waals surface area contributed by atoms with Gasteiger partial charge in [0.2, 0.25) is 0 Å². The second-order valence-corrected chi connectivity index (χ2v) is 5.29. The van der Waals surface area contributed by atoms with Crippen LogP contribution in [-0.4, -0.2) is 19.7 Å². The molecule has 0 unspecified atom stereocenters. The lowest BCUT2D eigenvalue weighted by molar-refractivity contribution is 0.691. The van der Waals surface area contributed by atoms with Gasteiger partial charge in [0.1, 0.15) is 5.03 Å². The third-order valence-electron chi connectivity index (χ3n) is 3.01. The maximum Gasteiger partial charge on any atom is 0.194 e. The number of anilines is 1. The molecule has 0 amide bonds. The predicted octanol–water partition coefficient (Wildman–Crippen LogP) is 2.18. The molecule has 0 radical (unpaired) electrons. The first-order chi connectivity index (χ1) is 8.40. The minimum absolute atomic E-state index is 0.696. The van der Waals surface area contributed by atoms with Crippen LogP contribution in [0.4, 0.5) is 5.69 Å². The van der Waals surface area contributed by atoms with Gasteiger partial charge in [-0.25, -0.2) is 9.97 Å². The molecule has 0 saturated carbocycles. The Hall–Kier alpha value is -1.56. The van der Waals surface area contributed by atoms with Gasteiger partial charge in [-0.1, -0.05) is 0 Å². The molecule has 2 N–H and O–H groups in total. The number of aryl methyl sites for hydroxylation is 4. The van der Waals surface area contributed by atoms with Crippen molar-refractivity contribution in [1.82, 2.24) is 19.7 Å². The number of nitrogens with zero attached hydrogens (tertiary/aromatic N) is 4. The van der Waals surface area contributed by atoms with Crippen LogP contribution in [0.15, 0.2) is 10.2 Å². The lowest BCUT2D eigenvalue weighted by Crippen LogP contribution is -2.00. The molecule has 0 aromatic carbocycles. The van der Waals surface area contributed by atoms with Crippen molar-refractivity contribution in [2.75, 3.05) is 5.73 Å². The van der Waals surface area contributed by atoms with Gasteiger partial charge < -0.3 is 5.73 Å². The molecule has 0 fully saturated rings. The van der Waals surface area contributed by atoms with E-state index in [2.05, 4.69) is 15.1 Å². The normalized spacial score (nSPS) is 10.9. The van der Waals surface area contributed by atoms with Crippen LogP contribution in [0.25, 0.3) is 0 Å². The van der Waals surface area contributed by atoms with Crippen molar-refractivity contribution in [3.05, 3.63) is 22.6 Å². The molecule has 5 nitrogen and oxygen atoms in total. The molecule has 0 aliphatic carbocycles. The van der Waals surface area contributed by atoms with Gasteiger partial charge in [0.25, 0.3) is 0 Å². The van der Waals surface area contributed by atoms with Crippen LogP contribution in [0.1, 0.15) is 22.6 Å². The summed E-state index contributed by atoms with van der Waals surface area (Å²) >= 11 is 1.45. The summed E-state index contributed by atoms with van der Waals surface area (Å²) in [5, 5.41) is 5.88. The molecule has 2 aromatic rings. The van der Waals surface area contributed by atoms with Gasteiger partial charge in [-0.3, -0.25) is 4.68 Å². The Kier molecular flexibility index (Phi) is 3.30. The molecule has 0 atom stereocenters. The molecule has 6 heteroatoms. The van der Waals surface area contributed by atoms with Crippen LogP contribution in [-0.2, 0) is 7.05 Å². The number of hydrogen-bond donors (Lipinski definition) is 1. The van der Waals surface area contributed by atoms with E-state index in [4.69, 9.17) is 5.73 Å². The zero-order valence-electron chi connectivity index (χ0n) is 11.3. The van der Waals surface area contributed by atoms with Gasteiger partial charge >= 0.3 is 0 Å². The van der Waals surface area contributed by atoms with E-state index >= 15 is 0 Å². The smallest absolute Gasteiger partial charge is 0.194 e. The standard InChI is InChI=1S/C12H17N5S/c1-6-7(2)14-12(15-8(6)3)18-11-10(13)9(4)16-17(11)5/h13H2,1-5H3. The summed E-state index contributed by atoms with van der Waals surface area (Å²) in [5.41, 5.74) is 10.7. The highest BCUT2D eigenvalue weighted by molar-refractivity contribution is 7.99. The molecular formula is C12H17N5S. The monoisotopic (exact) mass is 263 g/mol. The molecule has 0 saturated heterocycles. The van der Waals surface area contributed by atoms with Gasteiger partial charge in [0.15, 0.2) is 5.16 Å². The second-order valence-electron chi connectivity index (χ2n) is 4.33. The highest BCUT2D eigenvalue weighted by Crippen LogP contribution is 2.31. The SMILES string of the molecule is Cc1nc(Sc2c(N)c(C)nn2C)nc(C)c1C. The Morgan fingerprint density at radius 3 is 2.00 bits per heavy atom. The van der Waals surface area contributed by atoms with Gasteiger partial charge in [0, 0.05) is 18.4 Å².